The number of amides is 1. The number of nitro groups is 1. The standard InChI is InChI=1S/C13H18FN3O4/c1-3-15-11-7-9(12(17(20)21)8-10(11)14)13(19)16(4-2)5-6-18/h7-8,15,18H,3-6H2,1-2H3. The number of likely N-dealkylation sites (N-methyl/N-ethyl adjacent to an activating group) is 1. The summed E-state index contributed by atoms with van der Waals surface area (Å²) < 4.78 is 13.7. The third-order valence-electron chi connectivity index (χ3n) is 2.92. The van der Waals surface area contributed by atoms with Crippen LogP contribution in [0.1, 0.15) is 24.2 Å². The lowest BCUT2D eigenvalue weighted by Crippen LogP contribution is -2.33. The molecule has 0 spiro atoms. The molecule has 0 bridgehead atoms. The maximum absolute atomic E-state index is 13.7. The number of nitro benzene ring substituents is 1. The molecule has 1 amide bonds. The lowest BCUT2D eigenvalue weighted by molar-refractivity contribution is -0.385. The zero-order valence-electron chi connectivity index (χ0n) is 11.9. The molecule has 21 heavy (non-hydrogen) atoms. The van der Waals surface area contributed by atoms with Crippen molar-refractivity contribution < 1.29 is 19.2 Å². The van der Waals surface area contributed by atoms with Gasteiger partial charge in [0.05, 0.1) is 23.3 Å². The highest BCUT2D eigenvalue weighted by molar-refractivity contribution is 5.99. The summed E-state index contributed by atoms with van der Waals surface area (Å²) in [5, 5.41) is 22.6. The molecule has 116 valence electrons. The summed E-state index contributed by atoms with van der Waals surface area (Å²) in [6.45, 7) is 3.93. The Morgan fingerprint density at radius 1 is 1.48 bits per heavy atom. The van der Waals surface area contributed by atoms with E-state index in [-0.39, 0.29) is 30.9 Å². The number of aliphatic hydroxyl groups is 1. The topological polar surface area (TPSA) is 95.7 Å². The minimum atomic E-state index is -0.793. The SMILES string of the molecule is CCNc1cc(C(=O)N(CC)CCO)c([N+](=O)[O-])cc1F. The van der Waals surface area contributed by atoms with Gasteiger partial charge in [0.1, 0.15) is 5.56 Å². The van der Waals surface area contributed by atoms with Crippen LogP contribution in [0.25, 0.3) is 0 Å². The first-order valence-electron chi connectivity index (χ1n) is 6.58. The third kappa shape index (κ3) is 3.88. The number of carbonyl (C=O) groups is 1. The van der Waals surface area contributed by atoms with E-state index in [1.54, 1.807) is 13.8 Å². The highest BCUT2D eigenvalue weighted by atomic mass is 19.1. The van der Waals surface area contributed by atoms with E-state index in [4.69, 9.17) is 5.11 Å². The molecule has 7 nitrogen and oxygen atoms in total. The minimum absolute atomic E-state index is 0.0338. The molecule has 0 radical (unpaired) electrons. The largest absolute Gasteiger partial charge is 0.395 e. The van der Waals surface area contributed by atoms with E-state index in [1.807, 2.05) is 0 Å². The third-order valence-corrected chi connectivity index (χ3v) is 2.92. The number of nitrogens with one attached hydrogen (secondary N) is 1. The van der Waals surface area contributed by atoms with Crippen LogP contribution in [0.4, 0.5) is 15.8 Å². The van der Waals surface area contributed by atoms with E-state index in [0.29, 0.717) is 6.54 Å². The first kappa shape index (κ1) is 16.8. The average molecular weight is 299 g/mol. The number of hydrogen-bond donors (Lipinski definition) is 2. The zero-order chi connectivity index (χ0) is 16.0. The van der Waals surface area contributed by atoms with Crippen LogP contribution in [0.5, 0.6) is 0 Å². The van der Waals surface area contributed by atoms with Crippen LogP contribution >= 0.6 is 0 Å². The molecule has 0 saturated heterocycles. The fraction of sp³-hybridized carbons (Fsp3) is 0.462. The van der Waals surface area contributed by atoms with Crippen LogP contribution in [-0.4, -0.2) is 47.1 Å². The summed E-state index contributed by atoms with van der Waals surface area (Å²) in [5.74, 6) is -1.40. The molecular formula is C13H18FN3O4. The van der Waals surface area contributed by atoms with Gasteiger partial charge in [0, 0.05) is 19.6 Å². The highest BCUT2D eigenvalue weighted by Gasteiger charge is 2.26. The molecule has 0 aliphatic rings. The van der Waals surface area contributed by atoms with Crippen molar-refractivity contribution in [2.75, 3.05) is 31.6 Å². The molecule has 0 unspecified atom stereocenters. The summed E-state index contributed by atoms with van der Waals surface area (Å²) in [5.41, 5.74) is -0.755. The van der Waals surface area contributed by atoms with Crippen molar-refractivity contribution in [3.05, 3.63) is 33.6 Å². The van der Waals surface area contributed by atoms with Gasteiger partial charge in [-0.15, -0.1) is 0 Å². The van der Waals surface area contributed by atoms with Gasteiger partial charge in [-0.1, -0.05) is 0 Å². The summed E-state index contributed by atoms with van der Waals surface area (Å²) in [4.78, 5) is 23.8. The second kappa shape index (κ2) is 7.53. The Hall–Kier alpha value is -2.22. The highest BCUT2D eigenvalue weighted by Crippen LogP contribution is 2.27. The Balaban J connectivity index is 3.33. The van der Waals surface area contributed by atoms with Crippen LogP contribution in [0.3, 0.4) is 0 Å². The van der Waals surface area contributed by atoms with Crippen molar-refractivity contribution in [2.45, 2.75) is 13.8 Å². The minimum Gasteiger partial charge on any atom is -0.395 e. The van der Waals surface area contributed by atoms with E-state index < -0.39 is 22.3 Å². The Kier molecular flexibility index (Phi) is 6.04. The summed E-state index contributed by atoms with van der Waals surface area (Å²) in [6, 6.07) is 1.87. The predicted octanol–water partition coefficient (Wildman–Crippen LogP) is 1.62. The number of aliphatic hydroxyl groups excluding tert-OH is 1. The fourth-order valence-electron chi connectivity index (χ4n) is 1.91. The predicted molar refractivity (Wildman–Crippen MR) is 75.9 cm³/mol. The monoisotopic (exact) mass is 299 g/mol. The van der Waals surface area contributed by atoms with Gasteiger partial charge >= 0.3 is 0 Å². The summed E-state index contributed by atoms with van der Waals surface area (Å²) in [6.07, 6.45) is 0. The number of anilines is 1. The molecule has 8 heteroatoms. The van der Waals surface area contributed by atoms with Crippen LogP contribution in [0, 0.1) is 15.9 Å². The van der Waals surface area contributed by atoms with E-state index in [0.717, 1.165) is 12.1 Å². The van der Waals surface area contributed by atoms with Crippen molar-refractivity contribution in [3.8, 4) is 0 Å². The van der Waals surface area contributed by atoms with E-state index >= 15 is 0 Å². The Morgan fingerprint density at radius 2 is 2.14 bits per heavy atom. The molecular weight excluding hydrogens is 281 g/mol. The van der Waals surface area contributed by atoms with Crippen molar-refractivity contribution >= 4 is 17.3 Å². The quantitative estimate of drug-likeness (QED) is 0.589. The van der Waals surface area contributed by atoms with Crippen molar-refractivity contribution in [2.24, 2.45) is 0 Å². The molecule has 0 heterocycles. The van der Waals surface area contributed by atoms with Gasteiger partial charge in [-0.2, -0.15) is 0 Å². The number of halogens is 1. The molecule has 0 fully saturated rings. The zero-order valence-corrected chi connectivity index (χ0v) is 11.9. The lowest BCUT2D eigenvalue weighted by atomic mass is 10.1. The number of benzene rings is 1. The number of carbonyl (C=O) groups excluding carboxylic acids is 1. The van der Waals surface area contributed by atoms with Crippen LogP contribution < -0.4 is 5.32 Å². The van der Waals surface area contributed by atoms with Gasteiger partial charge in [-0.25, -0.2) is 4.39 Å². The Bertz CT molecular complexity index is 536. The molecule has 0 aliphatic carbocycles. The van der Waals surface area contributed by atoms with E-state index in [2.05, 4.69) is 5.32 Å². The van der Waals surface area contributed by atoms with Gasteiger partial charge in [0.2, 0.25) is 0 Å². The number of rotatable bonds is 7. The van der Waals surface area contributed by atoms with Crippen LogP contribution in [0.2, 0.25) is 0 Å². The maximum atomic E-state index is 13.7. The molecule has 1 aromatic rings. The number of nitrogens with zero attached hydrogens (tertiary/aromatic N) is 2. The van der Waals surface area contributed by atoms with Crippen molar-refractivity contribution in [1.29, 1.82) is 0 Å². The summed E-state index contributed by atoms with van der Waals surface area (Å²) >= 11 is 0. The van der Waals surface area contributed by atoms with Crippen molar-refractivity contribution in [3.63, 3.8) is 0 Å². The van der Waals surface area contributed by atoms with Gasteiger partial charge < -0.3 is 15.3 Å². The molecule has 0 aliphatic heterocycles. The second-order valence-electron chi connectivity index (χ2n) is 4.25. The van der Waals surface area contributed by atoms with Gasteiger partial charge in [0.15, 0.2) is 5.82 Å². The molecule has 2 N–H and O–H groups in total. The molecule has 1 aromatic carbocycles. The molecule has 0 saturated carbocycles. The van der Waals surface area contributed by atoms with Crippen LogP contribution in [-0.2, 0) is 0 Å². The Morgan fingerprint density at radius 3 is 2.62 bits per heavy atom. The smallest absolute Gasteiger partial charge is 0.285 e. The maximum Gasteiger partial charge on any atom is 0.285 e. The first-order valence-corrected chi connectivity index (χ1v) is 6.58. The fourth-order valence-corrected chi connectivity index (χ4v) is 1.91. The van der Waals surface area contributed by atoms with Gasteiger partial charge in [-0.3, -0.25) is 14.9 Å². The Labute approximate surface area is 121 Å². The van der Waals surface area contributed by atoms with E-state index in [9.17, 15) is 19.3 Å². The van der Waals surface area contributed by atoms with Gasteiger partial charge in [0.25, 0.3) is 11.6 Å². The van der Waals surface area contributed by atoms with Gasteiger partial charge in [-0.05, 0) is 19.9 Å². The van der Waals surface area contributed by atoms with E-state index in [1.165, 1.54) is 4.90 Å². The normalized spacial score (nSPS) is 10.3. The van der Waals surface area contributed by atoms with Crippen molar-refractivity contribution in [1.82, 2.24) is 4.90 Å². The van der Waals surface area contributed by atoms with Crippen LogP contribution in [0.15, 0.2) is 12.1 Å². The average Bonchev–Trinajstić information content (AvgIpc) is 2.45. The molecule has 0 aromatic heterocycles. The molecule has 1 rings (SSSR count). The number of hydrogen-bond acceptors (Lipinski definition) is 5. The molecule has 0 atom stereocenters. The second-order valence-corrected chi connectivity index (χ2v) is 4.25. The lowest BCUT2D eigenvalue weighted by Gasteiger charge is -2.20. The first-order chi connectivity index (χ1) is 9.96. The summed E-state index contributed by atoms with van der Waals surface area (Å²) in [7, 11) is 0.